The van der Waals surface area contributed by atoms with Gasteiger partial charge in [-0.2, -0.15) is 0 Å². The van der Waals surface area contributed by atoms with Gasteiger partial charge < -0.3 is 14.8 Å². The van der Waals surface area contributed by atoms with Crippen molar-refractivity contribution >= 4 is 10.1 Å². The third kappa shape index (κ3) is 10.8. The van der Waals surface area contributed by atoms with Crippen LogP contribution in [-0.4, -0.2) is 41.6 Å². The van der Waals surface area contributed by atoms with E-state index in [-0.39, 0.29) is 36.0 Å². The van der Waals surface area contributed by atoms with E-state index in [1.165, 1.54) is 0 Å². The van der Waals surface area contributed by atoms with Gasteiger partial charge in [-0.15, -0.1) is 0 Å². The molecule has 0 amide bonds. The van der Waals surface area contributed by atoms with E-state index in [9.17, 15) is 13.0 Å². The fourth-order valence-electron chi connectivity index (χ4n) is 0.372. The monoisotopic (exact) mass is 192 g/mol. The van der Waals surface area contributed by atoms with Crippen LogP contribution in [-0.2, 0) is 10.1 Å². The Hall–Kier alpha value is 0.830. The largest absolute Gasteiger partial charge is 1.00 e. The summed E-state index contributed by atoms with van der Waals surface area (Å²) in [6, 6.07) is 0. The molecule has 0 spiro atoms. The summed E-state index contributed by atoms with van der Waals surface area (Å²) in [7, 11) is -4.25. The molecule has 11 heavy (non-hydrogen) atoms. The Kier molecular flexibility index (Phi) is 8.30. The van der Waals surface area contributed by atoms with Crippen LogP contribution in [0.5, 0.6) is 0 Å². The van der Waals surface area contributed by atoms with Crippen LogP contribution >= 0.6 is 0 Å². The number of rotatable bonds is 4. The van der Waals surface area contributed by atoms with Gasteiger partial charge >= 0.3 is 29.6 Å². The summed E-state index contributed by atoms with van der Waals surface area (Å²) >= 11 is 0. The number of hydrogen-bond donors (Lipinski definition) is 2. The molecule has 0 radical (unpaired) electrons. The molecule has 0 heterocycles. The van der Waals surface area contributed by atoms with Crippen molar-refractivity contribution in [2.45, 2.75) is 12.5 Å². The van der Waals surface area contributed by atoms with Crippen molar-refractivity contribution in [3.8, 4) is 0 Å². The molecule has 0 saturated heterocycles. The van der Waals surface area contributed by atoms with Crippen molar-refractivity contribution in [2.75, 3.05) is 12.4 Å². The zero-order valence-corrected chi connectivity index (χ0v) is 9.04. The van der Waals surface area contributed by atoms with Crippen LogP contribution in [0.4, 0.5) is 0 Å². The van der Waals surface area contributed by atoms with Crippen LogP contribution in [0.2, 0.25) is 0 Å². The Balaban J connectivity index is 0. The van der Waals surface area contributed by atoms with Crippen LogP contribution in [0.15, 0.2) is 0 Å². The minimum Gasteiger partial charge on any atom is -0.748 e. The van der Waals surface area contributed by atoms with Gasteiger partial charge in [-0.25, -0.2) is 8.42 Å². The topological polar surface area (TPSA) is 97.7 Å². The van der Waals surface area contributed by atoms with E-state index in [1.54, 1.807) is 0 Å². The average molecular weight is 192 g/mol. The SMILES string of the molecule is O=S(=O)([O-])CCC(O)CO.[Na+]. The van der Waals surface area contributed by atoms with Crippen LogP contribution in [0.25, 0.3) is 0 Å². The van der Waals surface area contributed by atoms with Crippen LogP contribution in [0.3, 0.4) is 0 Å². The smallest absolute Gasteiger partial charge is 0.748 e. The van der Waals surface area contributed by atoms with Gasteiger partial charge in [0.2, 0.25) is 0 Å². The average Bonchev–Trinajstić information content (AvgIpc) is 1.81. The molecule has 0 saturated carbocycles. The molecule has 1 atom stereocenters. The molecule has 0 rings (SSSR count). The third-order valence-corrected chi connectivity index (χ3v) is 1.65. The molecule has 0 aliphatic heterocycles. The zero-order chi connectivity index (χ0) is 8.20. The van der Waals surface area contributed by atoms with E-state index in [1.807, 2.05) is 0 Å². The zero-order valence-electron chi connectivity index (χ0n) is 6.23. The molecule has 0 aliphatic rings. The second kappa shape index (κ2) is 6.36. The Labute approximate surface area is 87.5 Å². The van der Waals surface area contributed by atoms with E-state index in [2.05, 4.69) is 0 Å². The molecule has 0 aromatic rings. The molecular weight excluding hydrogens is 183 g/mol. The fourth-order valence-corrected chi connectivity index (χ4v) is 0.932. The number of aliphatic hydroxyl groups is 2. The fraction of sp³-hybridized carbons (Fsp3) is 1.00. The predicted octanol–water partition coefficient (Wildman–Crippen LogP) is -4.72. The van der Waals surface area contributed by atoms with Crippen LogP contribution in [0.1, 0.15) is 6.42 Å². The van der Waals surface area contributed by atoms with E-state index in [0.29, 0.717) is 0 Å². The molecule has 0 bridgehead atoms. The van der Waals surface area contributed by atoms with E-state index >= 15 is 0 Å². The Morgan fingerprint density at radius 1 is 1.45 bits per heavy atom. The van der Waals surface area contributed by atoms with Gasteiger partial charge in [0.25, 0.3) is 0 Å². The van der Waals surface area contributed by atoms with E-state index < -0.39 is 28.6 Å². The third-order valence-electron chi connectivity index (χ3n) is 0.912. The summed E-state index contributed by atoms with van der Waals surface area (Å²) in [5, 5.41) is 16.8. The van der Waals surface area contributed by atoms with Gasteiger partial charge in [0, 0.05) is 5.75 Å². The molecule has 0 fully saturated rings. The predicted molar refractivity (Wildman–Crippen MR) is 32.3 cm³/mol. The molecule has 2 N–H and O–H groups in total. The molecule has 1 unspecified atom stereocenters. The maximum absolute atomic E-state index is 9.90. The number of aliphatic hydroxyl groups excluding tert-OH is 2. The summed E-state index contributed by atoms with van der Waals surface area (Å²) in [4.78, 5) is 0. The van der Waals surface area contributed by atoms with E-state index in [0.717, 1.165) is 0 Å². The molecular formula is C4H9NaO5S. The Morgan fingerprint density at radius 2 is 1.91 bits per heavy atom. The summed E-state index contributed by atoms with van der Waals surface area (Å²) in [5.41, 5.74) is 0. The molecule has 0 aromatic carbocycles. The first-order chi connectivity index (χ1) is 4.45. The van der Waals surface area contributed by atoms with Gasteiger partial charge in [-0.05, 0) is 6.42 Å². The molecule has 0 aromatic heterocycles. The van der Waals surface area contributed by atoms with Gasteiger partial charge in [-0.1, -0.05) is 0 Å². The quantitative estimate of drug-likeness (QED) is 0.344. The molecule has 7 heteroatoms. The first-order valence-corrected chi connectivity index (χ1v) is 4.26. The van der Waals surface area contributed by atoms with E-state index in [4.69, 9.17) is 10.2 Å². The van der Waals surface area contributed by atoms with Gasteiger partial charge in [0.05, 0.1) is 22.8 Å². The van der Waals surface area contributed by atoms with Crippen molar-refractivity contribution < 1.29 is 52.7 Å². The minimum absolute atomic E-state index is 0. The summed E-state index contributed by atoms with van der Waals surface area (Å²) in [5.74, 6) is -0.630. The van der Waals surface area contributed by atoms with Crippen molar-refractivity contribution in [3.63, 3.8) is 0 Å². The first-order valence-electron chi connectivity index (χ1n) is 2.68. The van der Waals surface area contributed by atoms with Crippen LogP contribution < -0.4 is 29.6 Å². The van der Waals surface area contributed by atoms with Crippen molar-refractivity contribution in [3.05, 3.63) is 0 Å². The Morgan fingerprint density at radius 3 is 2.18 bits per heavy atom. The minimum atomic E-state index is -4.25. The second-order valence-electron chi connectivity index (χ2n) is 1.89. The van der Waals surface area contributed by atoms with Crippen molar-refractivity contribution in [1.82, 2.24) is 0 Å². The van der Waals surface area contributed by atoms with Gasteiger partial charge in [0.15, 0.2) is 0 Å². The summed E-state index contributed by atoms with van der Waals surface area (Å²) in [6.45, 7) is -0.518. The maximum atomic E-state index is 9.90. The van der Waals surface area contributed by atoms with Crippen molar-refractivity contribution in [1.29, 1.82) is 0 Å². The first kappa shape index (κ1) is 14.4. The number of hydrogen-bond acceptors (Lipinski definition) is 5. The second-order valence-corrected chi connectivity index (χ2v) is 3.41. The molecule has 0 aliphatic carbocycles. The molecule has 62 valence electrons. The maximum Gasteiger partial charge on any atom is 1.00 e. The summed E-state index contributed by atoms with van der Waals surface area (Å²) < 4.78 is 29.7. The summed E-state index contributed by atoms with van der Waals surface area (Å²) in [6.07, 6.45) is -1.31. The van der Waals surface area contributed by atoms with Gasteiger partial charge in [-0.3, -0.25) is 0 Å². The van der Waals surface area contributed by atoms with Crippen molar-refractivity contribution in [2.24, 2.45) is 0 Å². The van der Waals surface area contributed by atoms with Crippen LogP contribution in [0, 0.1) is 0 Å². The normalized spacial score (nSPS) is 13.7. The molecule has 5 nitrogen and oxygen atoms in total. The van der Waals surface area contributed by atoms with Gasteiger partial charge in [0.1, 0.15) is 0 Å². The standard InChI is InChI=1S/C4H10O5S.Na/c5-3-4(6)1-2-10(7,8)9;/h4-6H,1-3H2,(H,7,8,9);/q;+1/p-1. The Bertz CT molecular complexity index is 177.